The largest absolute Gasteiger partial charge is 0.465 e. The number of fused-ring (bicyclic) bond motifs is 1. The second-order valence-electron chi connectivity index (χ2n) is 5.24. The molecule has 0 saturated heterocycles. The van der Waals surface area contributed by atoms with Crippen molar-refractivity contribution in [2.45, 2.75) is 13.5 Å². The normalized spacial score (nSPS) is 10.9. The monoisotopic (exact) mass is 297 g/mol. The molecule has 0 spiro atoms. The van der Waals surface area contributed by atoms with Gasteiger partial charge in [-0.25, -0.2) is 9.18 Å². The number of aryl methyl sites for hydroxylation is 1. The summed E-state index contributed by atoms with van der Waals surface area (Å²) >= 11 is 0. The Balaban J connectivity index is 2.06. The fraction of sp³-hybridized carbons (Fsp3) is 0.167. The van der Waals surface area contributed by atoms with Crippen molar-refractivity contribution >= 4 is 16.9 Å². The lowest BCUT2D eigenvalue weighted by atomic mass is 10.1. The fourth-order valence-corrected chi connectivity index (χ4v) is 2.73. The molecule has 0 aliphatic carbocycles. The summed E-state index contributed by atoms with van der Waals surface area (Å²) in [6.07, 6.45) is 1.97. The Bertz CT molecular complexity index is 834. The standard InChI is InChI=1S/C18H16FNO2/c1-12-16(18(21)22-2)8-5-14-9-10-20(17(12)14)11-13-3-6-15(19)7-4-13/h3-10H,11H2,1-2H3. The van der Waals surface area contributed by atoms with Crippen molar-refractivity contribution in [1.82, 2.24) is 4.57 Å². The minimum absolute atomic E-state index is 0.245. The zero-order valence-electron chi connectivity index (χ0n) is 12.5. The molecule has 0 unspecified atom stereocenters. The lowest BCUT2D eigenvalue weighted by Gasteiger charge is -2.10. The van der Waals surface area contributed by atoms with Crippen LogP contribution in [0.5, 0.6) is 0 Å². The Morgan fingerprint density at radius 1 is 1.14 bits per heavy atom. The van der Waals surface area contributed by atoms with E-state index in [1.807, 2.05) is 25.3 Å². The molecule has 0 atom stereocenters. The maximum atomic E-state index is 13.0. The van der Waals surface area contributed by atoms with Crippen LogP contribution in [0.4, 0.5) is 4.39 Å². The van der Waals surface area contributed by atoms with Gasteiger partial charge in [0.1, 0.15) is 5.82 Å². The zero-order valence-corrected chi connectivity index (χ0v) is 12.5. The van der Waals surface area contributed by atoms with Gasteiger partial charge in [-0.2, -0.15) is 0 Å². The minimum Gasteiger partial charge on any atom is -0.465 e. The molecule has 3 rings (SSSR count). The van der Waals surface area contributed by atoms with E-state index in [9.17, 15) is 9.18 Å². The number of carbonyl (C=O) groups is 1. The van der Waals surface area contributed by atoms with Crippen molar-refractivity contribution in [3.05, 3.63) is 71.2 Å². The molecule has 0 N–H and O–H groups in total. The molecule has 1 aromatic heterocycles. The lowest BCUT2D eigenvalue weighted by molar-refractivity contribution is 0.0600. The van der Waals surface area contributed by atoms with E-state index in [1.165, 1.54) is 19.2 Å². The highest BCUT2D eigenvalue weighted by atomic mass is 19.1. The predicted molar refractivity (Wildman–Crippen MR) is 83.5 cm³/mol. The molecule has 0 radical (unpaired) electrons. The number of carbonyl (C=O) groups excluding carboxylic acids is 1. The molecule has 3 aromatic rings. The number of methoxy groups -OCH3 is 1. The predicted octanol–water partition coefficient (Wildman–Crippen LogP) is 3.92. The van der Waals surface area contributed by atoms with Gasteiger partial charge in [-0.3, -0.25) is 0 Å². The van der Waals surface area contributed by atoms with Crippen LogP contribution in [0, 0.1) is 12.7 Å². The highest BCUT2D eigenvalue weighted by Gasteiger charge is 2.14. The molecule has 0 aliphatic heterocycles. The van der Waals surface area contributed by atoms with Gasteiger partial charge in [0.05, 0.1) is 18.2 Å². The number of ether oxygens (including phenoxy) is 1. The van der Waals surface area contributed by atoms with Crippen LogP contribution in [0.25, 0.3) is 10.9 Å². The van der Waals surface area contributed by atoms with E-state index >= 15 is 0 Å². The number of halogens is 1. The molecule has 0 saturated carbocycles. The van der Waals surface area contributed by atoms with Gasteiger partial charge in [-0.15, -0.1) is 0 Å². The average molecular weight is 297 g/mol. The summed E-state index contributed by atoms with van der Waals surface area (Å²) in [5.74, 6) is -0.584. The van der Waals surface area contributed by atoms with Gasteiger partial charge < -0.3 is 9.30 Å². The summed E-state index contributed by atoms with van der Waals surface area (Å²) in [5.41, 5.74) is 3.44. The van der Waals surface area contributed by atoms with E-state index in [4.69, 9.17) is 4.74 Å². The van der Waals surface area contributed by atoms with Crippen molar-refractivity contribution in [2.75, 3.05) is 7.11 Å². The second kappa shape index (κ2) is 5.64. The SMILES string of the molecule is COC(=O)c1ccc2ccn(Cc3ccc(F)cc3)c2c1C. The van der Waals surface area contributed by atoms with E-state index in [0.29, 0.717) is 12.1 Å². The molecule has 0 aliphatic rings. The van der Waals surface area contributed by atoms with Crippen LogP contribution in [0.15, 0.2) is 48.7 Å². The summed E-state index contributed by atoms with van der Waals surface area (Å²) in [6, 6.07) is 12.1. The summed E-state index contributed by atoms with van der Waals surface area (Å²) in [7, 11) is 1.38. The summed E-state index contributed by atoms with van der Waals surface area (Å²) < 4.78 is 19.9. The van der Waals surface area contributed by atoms with Gasteiger partial charge in [-0.1, -0.05) is 18.2 Å². The average Bonchev–Trinajstić information content (AvgIpc) is 2.93. The Hall–Kier alpha value is -2.62. The summed E-state index contributed by atoms with van der Waals surface area (Å²) in [5, 5.41) is 1.06. The number of hydrogen-bond donors (Lipinski definition) is 0. The number of benzene rings is 2. The van der Waals surface area contributed by atoms with Gasteiger partial charge in [0.15, 0.2) is 0 Å². The maximum Gasteiger partial charge on any atom is 0.338 e. The first kappa shape index (κ1) is 14.3. The highest BCUT2D eigenvalue weighted by molar-refractivity contribution is 5.97. The first-order valence-corrected chi connectivity index (χ1v) is 7.01. The second-order valence-corrected chi connectivity index (χ2v) is 5.24. The van der Waals surface area contributed by atoms with Crippen LogP contribution in [0.2, 0.25) is 0 Å². The van der Waals surface area contributed by atoms with Crippen LogP contribution >= 0.6 is 0 Å². The van der Waals surface area contributed by atoms with Crippen molar-refractivity contribution in [1.29, 1.82) is 0 Å². The number of aromatic nitrogens is 1. The zero-order chi connectivity index (χ0) is 15.7. The van der Waals surface area contributed by atoms with E-state index in [-0.39, 0.29) is 11.8 Å². The van der Waals surface area contributed by atoms with E-state index in [0.717, 1.165) is 22.0 Å². The Morgan fingerprint density at radius 2 is 1.86 bits per heavy atom. The maximum absolute atomic E-state index is 13.0. The third kappa shape index (κ3) is 2.48. The summed E-state index contributed by atoms with van der Waals surface area (Å²) in [6.45, 7) is 2.53. The lowest BCUT2D eigenvalue weighted by Crippen LogP contribution is -2.06. The Morgan fingerprint density at radius 3 is 2.55 bits per heavy atom. The molecule has 2 aromatic carbocycles. The Kier molecular flexibility index (Phi) is 3.67. The third-order valence-corrected chi connectivity index (χ3v) is 3.85. The smallest absolute Gasteiger partial charge is 0.338 e. The van der Waals surface area contributed by atoms with Gasteiger partial charge >= 0.3 is 5.97 Å². The van der Waals surface area contributed by atoms with Crippen LogP contribution in [-0.2, 0) is 11.3 Å². The van der Waals surface area contributed by atoms with E-state index in [2.05, 4.69) is 4.57 Å². The van der Waals surface area contributed by atoms with Gasteiger partial charge in [-0.05, 0) is 47.7 Å². The molecule has 0 fully saturated rings. The number of nitrogens with zero attached hydrogens (tertiary/aromatic N) is 1. The van der Waals surface area contributed by atoms with Crippen LogP contribution < -0.4 is 0 Å². The van der Waals surface area contributed by atoms with Crippen molar-refractivity contribution < 1.29 is 13.9 Å². The van der Waals surface area contributed by atoms with Crippen molar-refractivity contribution in [3.8, 4) is 0 Å². The van der Waals surface area contributed by atoms with E-state index < -0.39 is 0 Å². The molecule has 1 heterocycles. The first-order chi connectivity index (χ1) is 10.6. The topological polar surface area (TPSA) is 31.2 Å². The molecule has 112 valence electrons. The molecule has 0 amide bonds. The van der Waals surface area contributed by atoms with Crippen LogP contribution in [0.1, 0.15) is 21.5 Å². The van der Waals surface area contributed by atoms with Crippen LogP contribution in [-0.4, -0.2) is 17.6 Å². The molecular formula is C18H16FNO2. The number of hydrogen-bond acceptors (Lipinski definition) is 2. The first-order valence-electron chi connectivity index (χ1n) is 7.01. The number of rotatable bonds is 3. The Labute approximate surface area is 127 Å². The highest BCUT2D eigenvalue weighted by Crippen LogP contribution is 2.24. The number of esters is 1. The molecule has 22 heavy (non-hydrogen) atoms. The van der Waals surface area contributed by atoms with Crippen molar-refractivity contribution in [3.63, 3.8) is 0 Å². The quantitative estimate of drug-likeness (QED) is 0.686. The van der Waals surface area contributed by atoms with Gasteiger partial charge in [0.2, 0.25) is 0 Å². The minimum atomic E-state index is -0.339. The molecule has 4 heteroatoms. The van der Waals surface area contributed by atoms with Gasteiger partial charge in [0, 0.05) is 12.7 Å². The summed E-state index contributed by atoms with van der Waals surface area (Å²) in [4.78, 5) is 11.8. The van der Waals surface area contributed by atoms with Crippen LogP contribution in [0.3, 0.4) is 0 Å². The molecular weight excluding hydrogens is 281 g/mol. The van der Waals surface area contributed by atoms with E-state index in [1.54, 1.807) is 18.2 Å². The van der Waals surface area contributed by atoms with Crippen molar-refractivity contribution in [2.24, 2.45) is 0 Å². The third-order valence-electron chi connectivity index (χ3n) is 3.85. The fourth-order valence-electron chi connectivity index (χ4n) is 2.73. The van der Waals surface area contributed by atoms with Gasteiger partial charge in [0.25, 0.3) is 0 Å². The molecule has 3 nitrogen and oxygen atoms in total. The molecule has 0 bridgehead atoms.